The molecule has 2 aromatic carbocycles. The Kier molecular flexibility index (Phi) is 4.92. The number of methoxy groups -OCH3 is 1. The standard InChI is InChI=1S/C18H15F3N4O/c1-26-13-8-6-12(7-9-13)24-16-10-17(23-11-22-16)25-15-5-3-2-4-14(15)18(19,20)21/h2-11H,1H3,(H2,22,23,24,25). The van der Waals surface area contributed by atoms with Crippen molar-refractivity contribution in [3.8, 4) is 5.75 Å². The Hall–Kier alpha value is -3.29. The minimum absolute atomic E-state index is 0.0749. The van der Waals surface area contributed by atoms with Crippen molar-refractivity contribution in [3.63, 3.8) is 0 Å². The minimum Gasteiger partial charge on any atom is -0.497 e. The van der Waals surface area contributed by atoms with Gasteiger partial charge >= 0.3 is 6.18 Å². The first-order valence-corrected chi connectivity index (χ1v) is 7.62. The third-order valence-electron chi connectivity index (χ3n) is 3.52. The maximum atomic E-state index is 13.1. The van der Waals surface area contributed by atoms with Gasteiger partial charge in [0.25, 0.3) is 0 Å². The number of hydrogen-bond acceptors (Lipinski definition) is 5. The van der Waals surface area contributed by atoms with Gasteiger partial charge in [-0.2, -0.15) is 13.2 Å². The molecule has 0 saturated carbocycles. The summed E-state index contributed by atoms with van der Waals surface area (Å²) < 4.78 is 44.3. The maximum Gasteiger partial charge on any atom is 0.418 e. The van der Waals surface area contributed by atoms with Crippen LogP contribution in [0.2, 0.25) is 0 Å². The van der Waals surface area contributed by atoms with Gasteiger partial charge in [-0.05, 0) is 36.4 Å². The first-order chi connectivity index (χ1) is 12.5. The molecule has 1 heterocycles. The molecule has 0 fully saturated rings. The monoisotopic (exact) mass is 360 g/mol. The number of alkyl halides is 3. The predicted octanol–water partition coefficient (Wildman–Crippen LogP) is 4.99. The zero-order valence-corrected chi connectivity index (χ0v) is 13.7. The highest BCUT2D eigenvalue weighted by molar-refractivity contribution is 5.65. The average Bonchev–Trinajstić information content (AvgIpc) is 2.62. The third-order valence-corrected chi connectivity index (χ3v) is 3.52. The maximum absolute atomic E-state index is 13.1. The largest absolute Gasteiger partial charge is 0.497 e. The van der Waals surface area contributed by atoms with E-state index in [1.54, 1.807) is 31.4 Å². The van der Waals surface area contributed by atoms with Gasteiger partial charge < -0.3 is 15.4 Å². The molecule has 3 aromatic rings. The van der Waals surface area contributed by atoms with Crippen molar-refractivity contribution in [2.45, 2.75) is 6.18 Å². The molecular weight excluding hydrogens is 345 g/mol. The lowest BCUT2D eigenvalue weighted by molar-refractivity contribution is -0.136. The number of para-hydroxylation sites is 1. The summed E-state index contributed by atoms with van der Waals surface area (Å²) >= 11 is 0. The Morgan fingerprint density at radius 2 is 1.54 bits per heavy atom. The molecule has 0 radical (unpaired) electrons. The van der Waals surface area contributed by atoms with Crippen molar-refractivity contribution < 1.29 is 17.9 Å². The lowest BCUT2D eigenvalue weighted by atomic mass is 10.1. The summed E-state index contributed by atoms with van der Waals surface area (Å²) in [6.45, 7) is 0. The highest BCUT2D eigenvalue weighted by atomic mass is 19.4. The number of nitrogens with one attached hydrogen (secondary N) is 2. The molecule has 1 aromatic heterocycles. The van der Waals surface area contributed by atoms with E-state index >= 15 is 0 Å². The zero-order valence-electron chi connectivity index (χ0n) is 13.7. The summed E-state index contributed by atoms with van der Waals surface area (Å²) in [6, 6.07) is 13.9. The van der Waals surface area contributed by atoms with E-state index in [0.29, 0.717) is 11.6 Å². The van der Waals surface area contributed by atoms with E-state index in [4.69, 9.17) is 4.74 Å². The molecule has 5 nitrogen and oxygen atoms in total. The van der Waals surface area contributed by atoms with E-state index in [0.717, 1.165) is 11.8 Å². The molecule has 0 aliphatic rings. The van der Waals surface area contributed by atoms with Gasteiger partial charge in [0.05, 0.1) is 18.4 Å². The normalized spacial score (nSPS) is 11.1. The molecule has 0 aliphatic heterocycles. The molecule has 0 bridgehead atoms. The molecule has 0 aliphatic carbocycles. The highest BCUT2D eigenvalue weighted by Gasteiger charge is 2.33. The molecular formula is C18H15F3N4O. The smallest absolute Gasteiger partial charge is 0.418 e. The van der Waals surface area contributed by atoms with E-state index in [2.05, 4.69) is 20.6 Å². The van der Waals surface area contributed by atoms with E-state index in [-0.39, 0.29) is 11.5 Å². The summed E-state index contributed by atoms with van der Waals surface area (Å²) in [7, 11) is 1.57. The van der Waals surface area contributed by atoms with Crippen LogP contribution in [0.25, 0.3) is 0 Å². The Bertz CT molecular complexity index is 882. The van der Waals surface area contributed by atoms with Crippen LogP contribution < -0.4 is 15.4 Å². The fourth-order valence-electron chi connectivity index (χ4n) is 2.29. The van der Waals surface area contributed by atoms with Gasteiger partial charge in [0.2, 0.25) is 0 Å². The molecule has 0 atom stereocenters. The van der Waals surface area contributed by atoms with Crippen LogP contribution >= 0.6 is 0 Å². The molecule has 26 heavy (non-hydrogen) atoms. The number of ether oxygens (including phenoxy) is 1. The van der Waals surface area contributed by atoms with Gasteiger partial charge in [-0.15, -0.1) is 0 Å². The first-order valence-electron chi connectivity index (χ1n) is 7.62. The van der Waals surface area contributed by atoms with Gasteiger partial charge in [0, 0.05) is 11.8 Å². The van der Waals surface area contributed by atoms with Gasteiger partial charge in [-0.3, -0.25) is 0 Å². The second-order valence-electron chi connectivity index (χ2n) is 5.31. The molecule has 0 unspecified atom stereocenters. The Morgan fingerprint density at radius 3 is 2.19 bits per heavy atom. The summed E-state index contributed by atoms with van der Waals surface area (Å²) in [5.74, 6) is 1.40. The highest BCUT2D eigenvalue weighted by Crippen LogP contribution is 2.35. The number of rotatable bonds is 5. The zero-order chi connectivity index (χ0) is 18.6. The van der Waals surface area contributed by atoms with Crippen molar-refractivity contribution >= 4 is 23.0 Å². The lowest BCUT2D eigenvalue weighted by Gasteiger charge is -2.14. The van der Waals surface area contributed by atoms with E-state index < -0.39 is 11.7 Å². The summed E-state index contributed by atoms with van der Waals surface area (Å²) in [5, 5.41) is 5.75. The molecule has 3 rings (SSSR count). The van der Waals surface area contributed by atoms with Gasteiger partial charge in [-0.1, -0.05) is 12.1 Å². The van der Waals surface area contributed by atoms with Crippen LogP contribution in [-0.4, -0.2) is 17.1 Å². The Morgan fingerprint density at radius 1 is 0.885 bits per heavy atom. The van der Waals surface area contributed by atoms with Gasteiger partial charge in [-0.25, -0.2) is 9.97 Å². The Labute approximate surface area is 147 Å². The number of benzene rings is 2. The van der Waals surface area contributed by atoms with Crippen LogP contribution in [0.1, 0.15) is 5.56 Å². The molecule has 0 spiro atoms. The van der Waals surface area contributed by atoms with Crippen molar-refractivity contribution in [1.29, 1.82) is 0 Å². The van der Waals surface area contributed by atoms with Gasteiger partial charge in [0.1, 0.15) is 23.7 Å². The second-order valence-corrected chi connectivity index (χ2v) is 5.31. The van der Waals surface area contributed by atoms with Crippen LogP contribution in [0.15, 0.2) is 60.9 Å². The van der Waals surface area contributed by atoms with Crippen LogP contribution in [0.4, 0.5) is 36.2 Å². The number of nitrogens with zero attached hydrogens (tertiary/aromatic N) is 2. The lowest BCUT2D eigenvalue weighted by Crippen LogP contribution is -2.09. The van der Waals surface area contributed by atoms with Crippen LogP contribution in [0.3, 0.4) is 0 Å². The Balaban J connectivity index is 1.80. The van der Waals surface area contributed by atoms with E-state index in [1.165, 1.54) is 30.6 Å². The summed E-state index contributed by atoms with van der Waals surface area (Å²) in [4.78, 5) is 8.05. The average molecular weight is 360 g/mol. The van der Waals surface area contributed by atoms with Crippen molar-refractivity contribution in [3.05, 3.63) is 66.5 Å². The number of aromatic nitrogens is 2. The SMILES string of the molecule is COc1ccc(Nc2cc(Nc3ccccc3C(F)(F)F)ncn2)cc1. The van der Waals surface area contributed by atoms with Crippen molar-refractivity contribution in [2.24, 2.45) is 0 Å². The fourth-order valence-corrected chi connectivity index (χ4v) is 2.29. The van der Waals surface area contributed by atoms with Gasteiger partial charge in [0.15, 0.2) is 0 Å². The quantitative estimate of drug-likeness (QED) is 0.671. The number of hydrogen-bond donors (Lipinski definition) is 2. The van der Waals surface area contributed by atoms with Crippen LogP contribution in [0, 0.1) is 0 Å². The number of anilines is 4. The van der Waals surface area contributed by atoms with Crippen molar-refractivity contribution in [2.75, 3.05) is 17.7 Å². The van der Waals surface area contributed by atoms with E-state index in [1.807, 2.05) is 0 Å². The fraction of sp³-hybridized carbons (Fsp3) is 0.111. The summed E-state index contributed by atoms with van der Waals surface area (Å²) in [6.07, 6.45) is -3.19. The van der Waals surface area contributed by atoms with Crippen LogP contribution in [-0.2, 0) is 6.18 Å². The second kappa shape index (κ2) is 7.30. The molecule has 8 heteroatoms. The third kappa shape index (κ3) is 4.21. The first kappa shape index (κ1) is 17.5. The van der Waals surface area contributed by atoms with Crippen LogP contribution in [0.5, 0.6) is 5.75 Å². The molecule has 2 N–H and O–H groups in total. The number of halogens is 3. The van der Waals surface area contributed by atoms with E-state index in [9.17, 15) is 13.2 Å². The minimum atomic E-state index is -4.46. The molecule has 134 valence electrons. The molecule has 0 amide bonds. The molecule has 0 saturated heterocycles. The topological polar surface area (TPSA) is 59.1 Å². The summed E-state index contributed by atoms with van der Waals surface area (Å²) in [5.41, 5.74) is -0.0801. The predicted molar refractivity (Wildman–Crippen MR) is 93.0 cm³/mol. The van der Waals surface area contributed by atoms with Crippen molar-refractivity contribution in [1.82, 2.24) is 9.97 Å².